The van der Waals surface area contributed by atoms with Crippen LogP contribution in [-0.2, 0) is 0 Å². The van der Waals surface area contributed by atoms with Gasteiger partial charge in [0.2, 0.25) is 0 Å². The van der Waals surface area contributed by atoms with E-state index in [4.69, 9.17) is 16.0 Å². The number of rotatable bonds is 3. The first-order chi connectivity index (χ1) is 12.2. The number of hydrogen-bond acceptors (Lipinski definition) is 3. The molecule has 0 aliphatic rings. The zero-order valence-corrected chi connectivity index (χ0v) is 13.8. The van der Waals surface area contributed by atoms with E-state index in [2.05, 4.69) is 10.5 Å². The number of nitrogens with zero attached hydrogens (tertiary/aromatic N) is 1. The minimum absolute atomic E-state index is 0.222. The largest absolute Gasteiger partial charge is 0.451 e. The molecule has 3 aromatic carbocycles. The standard InChI is InChI=1S/C20H13ClN2O2/c21-15-8-5-13(6-9-15)12-22-23-20(24)19-11-17-16-4-2-1-3-14(16)7-10-18(17)25-19/h1-12H,(H,23,24). The minimum Gasteiger partial charge on any atom is -0.451 e. The lowest BCUT2D eigenvalue weighted by Crippen LogP contribution is -2.16. The summed E-state index contributed by atoms with van der Waals surface area (Å²) in [4.78, 5) is 12.3. The third-order valence-corrected chi connectivity index (χ3v) is 4.15. The average molecular weight is 349 g/mol. The van der Waals surface area contributed by atoms with Crippen LogP contribution in [0.3, 0.4) is 0 Å². The van der Waals surface area contributed by atoms with Crippen molar-refractivity contribution in [3.63, 3.8) is 0 Å². The fourth-order valence-electron chi connectivity index (χ4n) is 2.67. The number of nitrogens with one attached hydrogen (secondary N) is 1. The molecule has 0 atom stereocenters. The quantitative estimate of drug-likeness (QED) is 0.418. The van der Waals surface area contributed by atoms with Gasteiger partial charge in [0.25, 0.3) is 0 Å². The van der Waals surface area contributed by atoms with E-state index >= 15 is 0 Å². The zero-order valence-electron chi connectivity index (χ0n) is 13.1. The first-order valence-corrected chi connectivity index (χ1v) is 8.09. The molecule has 0 bridgehead atoms. The highest BCUT2D eigenvalue weighted by molar-refractivity contribution is 6.30. The van der Waals surface area contributed by atoms with E-state index in [-0.39, 0.29) is 5.76 Å². The first kappa shape index (κ1) is 15.4. The summed E-state index contributed by atoms with van der Waals surface area (Å²) in [6.07, 6.45) is 1.55. The van der Waals surface area contributed by atoms with Gasteiger partial charge in [-0.3, -0.25) is 4.79 Å². The van der Waals surface area contributed by atoms with Crippen LogP contribution in [0.4, 0.5) is 0 Å². The van der Waals surface area contributed by atoms with Crippen LogP contribution < -0.4 is 5.43 Å². The molecule has 4 rings (SSSR count). The number of carbonyl (C=O) groups is 1. The number of benzene rings is 3. The van der Waals surface area contributed by atoms with Gasteiger partial charge in [0.15, 0.2) is 5.76 Å². The zero-order chi connectivity index (χ0) is 17.2. The Labute approximate surface area is 148 Å². The Morgan fingerprint density at radius 3 is 2.64 bits per heavy atom. The van der Waals surface area contributed by atoms with Crippen molar-refractivity contribution in [2.45, 2.75) is 0 Å². The molecule has 0 saturated heterocycles. The van der Waals surface area contributed by atoms with Crippen LogP contribution in [0.2, 0.25) is 5.02 Å². The number of amides is 1. The second kappa shape index (κ2) is 6.42. The van der Waals surface area contributed by atoms with Crippen molar-refractivity contribution in [1.29, 1.82) is 0 Å². The molecule has 1 heterocycles. The molecule has 122 valence electrons. The summed E-state index contributed by atoms with van der Waals surface area (Å²) < 4.78 is 5.65. The predicted octanol–water partition coefficient (Wildman–Crippen LogP) is 5.00. The van der Waals surface area contributed by atoms with Gasteiger partial charge in [-0.05, 0) is 40.6 Å². The second-order valence-electron chi connectivity index (χ2n) is 5.56. The Morgan fingerprint density at radius 2 is 1.80 bits per heavy atom. The van der Waals surface area contributed by atoms with Crippen LogP contribution >= 0.6 is 11.6 Å². The van der Waals surface area contributed by atoms with E-state index in [9.17, 15) is 4.79 Å². The minimum atomic E-state index is -0.398. The van der Waals surface area contributed by atoms with E-state index < -0.39 is 5.91 Å². The fraction of sp³-hybridized carbons (Fsp3) is 0. The van der Waals surface area contributed by atoms with Gasteiger partial charge in [0.05, 0.1) is 6.21 Å². The maximum atomic E-state index is 12.3. The molecule has 1 amide bonds. The summed E-state index contributed by atoms with van der Waals surface area (Å²) in [5.41, 5.74) is 3.98. The molecule has 5 heteroatoms. The number of furan rings is 1. The van der Waals surface area contributed by atoms with Crippen LogP contribution in [0, 0.1) is 0 Å². The Bertz CT molecular complexity index is 1100. The summed E-state index contributed by atoms with van der Waals surface area (Å²) in [6, 6.07) is 20.7. The van der Waals surface area contributed by atoms with Gasteiger partial charge in [-0.15, -0.1) is 0 Å². The van der Waals surface area contributed by atoms with Crippen molar-refractivity contribution in [1.82, 2.24) is 5.43 Å². The summed E-state index contributed by atoms with van der Waals surface area (Å²) in [7, 11) is 0. The molecule has 0 unspecified atom stereocenters. The molecule has 0 aliphatic carbocycles. The number of hydrogen-bond donors (Lipinski definition) is 1. The van der Waals surface area contributed by atoms with Gasteiger partial charge in [-0.25, -0.2) is 5.43 Å². The van der Waals surface area contributed by atoms with Crippen LogP contribution in [0.25, 0.3) is 21.7 Å². The lowest BCUT2D eigenvalue weighted by Gasteiger charge is -1.96. The Kier molecular flexibility index (Phi) is 3.96. The summed E-state index contributed by atoms with van der Waals surface area (Å²) in [5.74, 6) is -0.176. The topological polar surface area (TPSA) is 54.6 Å². The molecule has 4 nitrogen and oxygen atoms in total. The van der Waals surface area contributed by atoms with Crippen LogP contribution in [0.5, 0.6) is 0 Å². The lowest BCUT2D eigenvalue weighted by atomic mass is 10.1. The fourth-order valence-corrected chi connectivity index (χ4v) is 2.80. The molecule has 0 fully saturated rings. The SMILES string of the molecule is O=C(NN=Cc1ccc(Cl)cc1)c1cc2c(ccc3ccccc32)o1. The van der Waals surface area contributed by atoms with Gasteiger partial charge in [0, 0.05) is 10.4 Å². The molecular formula is C20H13ClN2O2. The third-order valence-electron chi connectivity index (χ3n) is 3.90. The average Bonchev–Trinajstić information content (AvgIpc) is 3.08. The molecule has 25 heavy (non-hydrogen) atoms. The van der Waals surface area contributed by atoms with Gasteiger partial charge in [-0.2, -0.15) is 5.10 Å². The summed E-state index contributed by atoms with van der Waals surface area (Å²) in [6.45, 7) is 0. The number of hydrazone groups is 1. The molecular weight excluding hydrogens is 336 g/mol. The first-order valence-electron chi connectivity index (χ1n) is 7.71. The molecule has 4 aromatic rings. The molecule has 0 radical (unpaired) electrons. The second-order valence-corrected chi connectivity index (χ2v) is 6.00. The molecule has 0 spiro atoms. The summed E-state index contributed by atoms with van der Waals surface area (Å²) in [5, 5.41) is 7.66. The van der Waals surface area contributed by atoms with E-state index in [0.29, 0.717) is 10.6 Å². The smallest absolute Gasteiger partial charge is 0.307 e. The number of carbonyl (C=O) groups excluding carboxylic acids is 1. The van der Waals surface area contributed by atoms with Crippen LogP contribution in [-0.4, -0.2) is 12.1 Å². The highest BCUT2D eigenvalue weighted by atomic mass is 35.5. The molecule has 0 saturated carbocycles. The van der Waals surface area contributed by atoms with E-state index in [1.54, 1.807) is 24.4 Å². The van der Waals surface area contributed by atoms with Crippen molar-refractivity contribution in [3.8, 4) is 0 Å². The van der Waals surface area contributed by atoms with Crippen LogP contribution in [0.1, 0.15) is 16.1 Å². The molecule has 1 N–H and O–H groups in total. The highest BCUT2D eigenvalue weighted by Gasteiger charge is 2.13. The normalized spacial score (nSPS) is 11.4. The number of fused-ring (bicyclic) bond motifs is 3. The Morgan fingerprint density at radius 1 is 1.00 bits per heavy atom. The highest BCUT2D eigenvalue weighted by Crippen LogP contribution is 2.28. The van der Waals surface area contributed by atoms with Gasteiger partial charge < -0.3 is 4.42 Å². The third kappa shape index (κ3) is 3.12. The van der Waals surface area contributed by atoms with Gasteiger partial charge >= 0.3 is 5.91 Å². The van der Waals surface area contributed by atoms with Crippen molar-refractivity contribution >= 4 is 45.5 Å². The van der Waals surface area contributed by atoms with E-state index in [1.165, 1.54) is 0 Å². The Balaban J connectivity index is 1.57. The maximum Gasteiger partial charge on any atom is 0.307 e. The monoisotopic (exact) mass is 348 g/mol. The maximum absolute atomic E-state index is 12.3. The number of halogens is 1. The van der Waals surface area contributed by atoms with Crippen LogP contribution in [0.15, 0.2) is 76.2 Å². The van der Waals surface area contributed by atoms with Gasteiger partial charge in [-0.1, -0.05) is 54.1 Å². The van der Waals surface area contributed by atoms with Gasteiger partial charge in [0.1, 0.15) is 5.58 Å². The van der Waals surface area contributed by atoms with Crippen molar-refractivity contribution in [3.05, 3.63) is 83.1 Å². The molecule has 0 aliphatic heterocycles. The van der Waals surface area contributed by atoms with E-state index in [0.717, 1.165) is 21.7 Å². The molecule has 1 aromatic heterocycles. The lowest BCUT2D eigenvalue weighted by molar-refractivity contribution is 0.0929. The van der Waals surface area contributed by atoms with Crippen molar-refractivity contribution in [2.24, 2.45) is 5.10 Å². The van der Waals surface area contributed by atoms with E-state index in [1.807, 2.05) is 48.5 Å². The predicted molar refractivity (Wildman–Crippen MR) is 100 cm³/mol. The Hall–Kier alpha value is -3.11. The van der Waals surface area contributed by atoms with Crippen molar-refractivity contribution in [2.75, 3.05) is 0 Å². The van der Waals surface area contributed by atoms with Crippen molar-refractivity contribution < 1.29 is 9.21 Å². The summed E-state index contributed by atoms with van der Waals surface area (Å²) >= 11 is 5.83.